The van der Waals surface area contributed by atoms with Crippen LogP contribution in [-0.2, 0) is 23.0 Å². The lowest BCUT2D eigenvalue weighted by Crippen LogP contribution is -2.38. The van der Waals surface area contributed by atoms with Gasteiger partial charge in [-0.3, -0.25) is 4.90 Å². The van der Waals surface area contributed by atoms with E-state index in [0.29, 0.717) is 47.2 Å². The van der Waals surface area contributed by atoms with E-state index >= 15 is 0 Å². The molecule has 0 radical (unpaired) electrons. The van der Waals surface area contributed by atoms with Crippen molar-refractivity contribution in [1.82, 2.24) is 29.8 Å². The van der Waals surface area contributed by atoms with Crippen LogP contribution in [0.4, 0.5) is 5.00 Å². The highest BCUT2D eigenvalue weighted by molar-refractivity contribution is 7.16. The third-order valence-electron chi connectivity index (χ3n) is 10.2. The first-order chi connectivity index (χ1) is 21.0. The summed E-state index contributed by atoms with van der Waals surface area (Å²) in [6.45, 7) is 4.50. The molecule has 4 aromatic rings. The average Bonchev–Trinajstić information content (AvgIpc) is 3.83. The molecule has 0 bridgehead atoms. The molecule has 43 heavy (non-hydrogen) atoms. The molecule has 0 saturated carbocycles. The van der Waals surface area contributed by atoms with Crippen molar-refractivity contribution >= 4 is 27.4 Å². The molecule has 2 saturated heterocycles. The quantitative estimate of drug-likeness (QED) is 0.340. The zero-order valence-electron chi connectivity index (χ0n) is 24.6. The first kappa shape index (κ1) is 27.0. The Kier molecular flexibility index (Phi) is 6.47. The molecule has 8 rings (SSSR count). The number of nitrogen functional groups attached to an aromatic ring is 1. The van der Waals surface area contributed by atoms with Gasteiger partial charge in [0.1, 0.15) is 22.6 Å². The number of aryl methyl sites for hydroxylation is 1. The maximum atomic E-state index is 10.1. The molecule has 2 N–H and O–H groups in total. The second-order valence-corrected chi connectivity index (χ2v) is 13.7. The predicted molar refractivity (Wildman–Crippen MR) is 161 cm³/mol. The van der Waals surface area contributed by atoms with Gasteiger partial charge in [0.2, 0.25) is 5.88 Å². The highest BCUT2D eigenvalue weighted by Gasteiger charge is 2.49. The van der Waals surface area contributed by atoms with Gasteiger partial charge in [-0.15, -0.1) is 11.3 Å². The zero-order chi connectivity index (χ0) is 29.3. The van der Waals surface area contributed by atoms with E-state index < -0.39 is 5.41 Å². The topological polar surface area (TPSA) is 141 Å². The summed E-state index contributed by atoms with van der Waals surface area (Å²) < 4.78 is 20.6. The normalized spacial score (nSPS) is 26.1. The van der Waals surface area contributed by atoms with Crippen LogP contribution in [0.15, 0.2) is 10.7 Å². The first-order valence-corrected chi connectivity index (χ1v) is 16.3. The fourth-order valence-corrected chi connectivity index (χ4v) is 9.24. The molecule has 4 aromatic heterocycles. The predicted octanol–water partition coefficient (Wildman–Crippen LogP) is 4.78. The molecule has 4 aliphatic rings. The number of fused-ring (bicyclic) bond motifs is 5. The summed E-state index contributed by atoms with van der Waals surface area (Å²) in [7, 11) is 2.16. The molecule has 12 heteroatoms. The van der Waals surface area contributed by atoms with Crippen LogP contribution in [0.2, 0.25) is 0 Å². The van der Waals surface area contributed by atoms with Crippen molar-refractivity contribution in [2.75, 3.05) is 32.5 Å². The molecule has 1 spiro atoms. The molecule has 0 aromatic carbocycles. The Bertz CT molecular complexity index is 1740. The monoisotopic (exact) mass is 600 g/mol. The van der Waals surface area contributed by atoms with Gasteiger partial charge in [0.05, 0.1) is 29.8 Å². The van der Waals surface area contributed by atoms with E-state index in [4.69, 9.17) is 34.8 Å². The van der Waals surface area contributed by atoms with Gasteiger partial charge in [-0.25, -0.2) is 9.67 Å². The number of hydrogen-bond donors (Lipinski definition) is 1. The van der Waals surface area contributed by atoms with Gasteiger partial charge in [0.25, 0.3) is 0 Å². The molecule has 2 aliphatic carbocycles. The average molecular weight is 601 g/mol. The van der Waals surface area contributed by atoms with Crippen molar-refractivity contribution in [3.05, 3.63) is 33.5 Å². The van der Waals surface area contributed by atoms with Crippen molar-refractivity contribution < 1.29 is 14.0 Å². The number of rotatable bonds is 5. The Morgan fingerprint density at radius 3 is 2.84 bits per heavy atom. The van der Waals surface area contributed by atoms with Crippen LogP contribution in [0.1, 0.15) is 85.2 Å². The van der Waals surface area contributed by atoms with Gasteiger partial charge in [-0.1, -0.05) is 5.16 Å². The number of thiophene rings is 1. The van der Waals surface area contributed by atoms with E-state index in [1.807, 2.05) is 10.9 Å². The smallest absolute Gasteiger partial charge is 0.228 e. The maximum absolute atomic E-state index is 10.1. The summed E-state index contributed by atoms with van der Waals surface area (Å²) in [5.74, 6) is 1.85. The van der Waals surface area contributed by atoms with Crippen LogP contribution in [0.5, 0.6) is 5.88 Å². The van der Waals surface area contributed by atoms with E-state index in [-0.39, 0.29) is 12.1 Å². The van der Waals surface area contributed by atoms with Gasteiger partial charge < -0.3 is 19.7 Å². The van der Waals surface area contributed by atoms with Crippen molar-refractivity contribution in [2.45, 2.75) is 88.3 Å². The Morgan fingerprint density at radius 1 is 1.21 bits per heavy atom. The minimum Gasteiger partial charge on any atom is -0.472 e. The van der Waals surface area contributed by atoms with E-state index in [0.717, 1.165) is 92.3 Å². The lowest BCUT2D eigenvalue weighted by molar-refractivity contribution is 0.118. The molecule has 0 amide bonds. The standard InChI is InChI=1S/C31H36N8O3S/c1-17(22-7-5-12-38(22)2)41-30-21-15-34-39(18-9-13-40-16-18)29(21)35-28(36-30)25-19-6-3-10-31(26(19)42-37-25)11-4-8-23-24(31)20(14-32)27(33)43-23/h15,17-18,22H,3-13,16,33H2,1-2H3/t17-,18+,22-,31-/m0/s1. The molecule has 2 aliphatic heterocycles. The number of nitrogens with two attached hydrogens (primary N) is 1. The largest absolute Gasteiger partial charge is 0.472 e. The lowest BCUT2D eigenvalue weighted by Gasteiger charge is -2.39. The number of hydrogen-bond acceptors (Lipinski definition) is 11. The molecule has 6 heterocycles. The summed E-state index contributed by atoms with van der Waals surface area (Å²) in [6.07, 6.45) is 10.4. The summed E-state index contributed by atoms with van der Waals surface area (Å²) in [5, 5.41) is 20.9. The Morgan fingerprint density at radius 2 is 2.07 bits per heavy atom. The third-order valence-corrected chi connectivity index (χ3v) is 11.2. The number of likely N-dealkylation sites (tertiary alicyclic amines) is 1. The van der Waals surface area contributed by atoms with Crippen LogP contribution in [-0.4, -0.2) is 68.8 Å². The van der Waals surface area contributed by atoms with Crippen LogP contribution >= 0.6 is 11.3 Å². The highest BCUT2D eigenvalue weighted by Crippen LogP contribution is 2.55. The summed E-state index contributed by atoms with van der Waals surface area (Å²) in [5.41, 5.74) is 10.0. The first-order valence-electron chi connectivity index (χ1n) is 15.5. The highest BCUT2D eigenvalue weighted by atomic mass is 32.1. The molecular formula is C31H36N8O3S. The fourth-order valence-electron chi connectivity index (χ4n) is 8.08. The van der Waals surface area contributed by atoms with Crippen LogP contribution in [0.25, 0.3) is 22.6 Å². The third kappa shape index (κ3) is 4.12. The van der Waals surface area contributed by atoms with Crippen molar-refractivity contribution in [2.24, 2.45) is 0 Å². The molecule has 4 atom stereocenters. The van der Waals surface area contributed by atoms with Gasteiger partial charge in [-0.05, 0) is 83.9 Å². The van der Waals surface area contributed by atoms with Crippen molar-refractivity contribution in [3.8, 4) is 23.5 Å². The molecule has 2 fully saturated rings. The lowest BCUT2D eigenvalue weighted by atomic mass is 9.63. The van der Waals surface area contributed by atoms with Gasteiger partial charge >= 0.3 is 0 Å². The molecular weight excluding hydrogens is 564 g/mol. The number of ether oxygens (including phenoxy) is 2. The number of nitrogens with zero attached hydrogens (tertiary/aromatic N) is 7. The fraction of sp³-hybridized carbons (Fsp3) is 0.581. The van der Waals surface area contributed by atoms with Crippen molar-refractivity contribution in [1.29, 1.82) is 5.26 Å². The zero-order valence-corrected chi connectivity index (χ0v) is 25.5. The summed E-state index contributed by atoms with van der Waals surface area (Å²) in [4.78, 5) is 13.7. The Balaban J connectivity index is 1.26. The van der Waals surface area contributed by atoms with Gasteiger partial charge in [0, 0.05) is 23.1 Å². The van der Waals surface area contributed by atoms with E-state index in [2.05, 4.69) is 30.1 Å². The van der Waals surface area contributed by atoms with Crippen LogP contribution < -0.4 is 10.5 Å². The van der Waals surface area contributed by atoms with E-state index in [9.17, 15) is 5.26 Å². The van der Waals surface area contributed by atoms with Gasteiger partial charge in [-0.2, -0.15) is 15.3 Å². The summed E-state index contributed by atoms with van der Waals surface area (Å²) >= 11 is 1.55. The minimum atomic E-state index is -0.403. The van der Waals surface area contributed by atoms with Crippen LogP contribution in [0, 0.1) is 11.3 Å². The SMILES string of the molecule is C[C@H](Oc1nc(-c2noc3c2CCC[C@@]32CCCc3sc(N)c(C#N)c32)nc2c1cnn2[C@@H]1CCOC1)[C@@H]1CCCN1C. The maximum Gasteiger partial charge on any atom is 0.228 e. The second kappa shape index (κ2) is 10.3. The number of nitriles is 1. The molecule has 11 nitrogen and oxygen atoms in total. The summed E-state index contributed by atoms with van der Waals surface area (Å²) in [6, 6.07) is 2.83. The van der Waals surface area contributed by atoms with Crippen molar-refractivity contribution in [3.63, 3.8) is 0 Å². The molecule has 0 unspecified atom stereocenters. The Labute approximate surface area is 254 Å². The second-order valence-electron chi connectivity index (χ2n) is 12.6. The number of aromatic nitrogens is 5. The minimum absolute atomic E-state index is 0.0554. The van der Waals surface area contributed by atoms with Crippen LogP contribution in [0.3, 0.4) is 0 Å². The van der Waals surface area contributed by atoms with E-state index in [1.54, 1.807) is 11.3 Å². The molecule has 224 valence electrons. The Hall–Kier alpha value is -3.53. The number of likely N-dealkylation sites (N-methyl/N-ethyl adjacent to an activating group) is 1. The van der Waals surface area contributed by atoms with Gasteiger partial charge in [0.15, 0.2) is 22.9 Å². The number of anilines is 1. The van der Waals surface area contributed by atoms with E-state index in [1.165, 1.54) is 4.88 Å².